The lowest BCUT2D eigenvalue weighted by Crippen LogP contribution is -2.36. The molecule has 0 spiro atoms. The number of hydrogen-bond donors (Lipinski definition) is 1. The molecule has 1 aliphatic rings. The van der Waals surface area contributed by atoms with Crippen molar-refractivity contribution in [2.24, 2.45) is 0 Å². The van der Waals surface area contributed by atoms with Crippen LogP contribution in [0.4, 0.5) is 0 Å². The molecule has 1 rings (SSSR count). The van der Waals surface area contributed by atoms with Crippen molar-refractivity contribution in [3.63, 3.8) is 0 Å². The van der Waals surface area contributed by atoms with Crippen LogP contribution in [0.2, 0.25) is 0 Å². The summed E-state index contributed by atoms with van der Waals surface area (Å²) in [7, 11) is 0. The molecule has 0 saturated carbocycles. The first-order chi connectivity index (χ1) is 9.13. The Morgan fingerprint density at radius 3 is 2.53 bits per heavy atom. The highest BCUT2D eigenvalue weighted by Gasteiger charge is 2.19. The summed E-state index contributed by atoms with van der Waals surface area (Å²) in [6.45, 7) is 5.12. The van der Waals surface area contributed by atoms with Gasteiger partial charge in [-0.15, -0.1) is 0 Å². The zero-order valence-corrected chi connectivity index (χ0v) is 11.9. The number of hydrogen-bond acceptors (Lipinski definition) is 3. The van der Waals surface area contributed by atoms with Crippen LogP contribution < -0.4 is 0 Å². The highest BCUT2D eigenvalue weighted by molar-refractivity contribution is 5.76. The maximum atomic E-state index is 12.0. The third-order valence-corrected chi connectivity index (χ3v) is 3.54. The second-order valence-electron chi connectivity index (χ2n) is 5.21. The average molecular weight is 270 g/mol. The van der Waals surface area contributed by atoms with E-state index >= 15 is 0 Å². The average Bonchev–Trinajstić information content (AvgIpc) is 2.59. The molecule has 0 unspecified atom stereocenters. The van der Waals surface area contributed by atoms with Gasteiger partial charge in [0.1, 0.15) is 0 Å². The van der Waals surface area contributed by atoms with Crippen LogP contribution in [-0.2, 0) is 9.59 Å². The molecule has 0 aromatic rings. The van der Waals surface area contributed by atoms with E-state index in [1.165, 1.54) is 12.8 Å². The smallest absolute Gasteiger partial charge is 0.317 e. The Balaban J connectivity index is 2.27. The van der Waals surface area contributed by atoms with E-state index in [4.69, 9.17) is 5.11 Å². The number of carbonyl (C=O) groups is 2. The Labute approximate surface area is 115 Å². The number of amides is 1. The molecule has 0 aromatic carbocycles. The molecule has 0 atom stereocenters. The second kappa shape index (κ2) is 8.91. The molecule has 0 bridgehead atoms. The summed E-state index contributed by atoms with van der Waals surface area (Å²) in [4.78, 5) is 26.5. The fraction of sp³-hybridized carbons (Fsp3) is 0.857. The second-order valence-corrected chi connectivity index (χ2v) is 5.21. The van der Waals surface area contributed by atoms with Crippen molar-refractivity contribution in [1.82, 2.24) is 9.80 Å². The van der Waals surface area contributed by atoms with Crippen molar-refractivity contribution < 1.29 is 14.7 Å². The summed E-state index contributed by atoms with van der Waals surface area (Å²) in [5.41, 5.74) is 0. The van der Waals surface area contributed by atoms with E-state index in [0.29, 0.717) is 19.5 Å². The maximum Gasteiger partial charge on any atom is 0.317 e. The Kier molecular flexibility index (Phi) is 7.48. The van der Waals surface area contributed by atoms with Crippen molar-refractivity contribution in [3.05, 3.63) is 0 Å². The lowest BCUT2D eigenvalue weighted by Gasteiger charge is -2.21. The zero-order chi connectivity index (χ0) is 14.1. The van der Waals surface area contributed by atoms with Crippen molar-refractivity contribution in [3.8, 4) is 0 Å². The van der Waals surface area contributed by atoms with Crippen LogP contribution in [-0.4, -0.2) is 59.5 Å². The molecule has 0 radical (unpaired) electrons. The molecule has 0 aromatic heterocycles. The van der Waals surface area contributed by atoms with E-state index in [1.807, 2.05) is 9.80 Å². The summed E-state index contributed by atoms with van der Waals surface area (Å²) >= 11 is 0. The summed E-state index contributed by atoms with van der Waals surface area (Å²) in [5.74, 6) is -0.562. The Hall–Kier alpha value is -1.10. The summed E-state index contributed by atoms with van der Waals surface area (Å²) in [6, 6.07) is 0. The van der Waals surface area contributed by atoms with E-state index in [0.717, 1.165) is 32.4 Å². The molecule has 5 nitrogen and oxygen atoms in total. The molecule has 1 aliphatic heterocycles. The first kappa shape index (κ1) is 16.0. The number of nitrogens with zero attached hydrogens (tertiary/aromatic N) is 2. The molecule has 19 heavy (non-hydrogen) atoms. The number of rotatable bonds is 7. The van der Waals surface area contributed by atoms with Gasteiger partial charge < -0.3 is 10.0 Å². The fourth-order valence-electron chi connectivity index (χ4n) is 2.43. The molecule has 1 N–H and O–H groups in total. The summed E-state index contributed by atoms with van der Waals surface area (Å²) in [6.07, 6.45) is 5.98. The van der Waals surface area contributed by atoms with Gasteiger partial charge in [0.05, 0.1) is 6.54 Å². The van der Waals surface area contributed by atoms with Gasteiger partial charge in [0.2, 0.25) is 5.91 Å². The van der Waals surface area contributed by atoms with Crippen LogP contribution in [0.25, 0.3) is 0 Å². The minimum atomic E-state index is -0.792. The first-order valence-electron chi connectivity index (χ1n) is 7.35. The van der Waals surface area contributed by atoms with Crippen LogP contribution in [0.1, 0.15) is 45.4 Å². The lowest BCUT2D eigenvalue weighted by molar-refractivity contribution is -0.138. The van der Waals surface area contributed by atoms with E-state index in [9.17, 15) is 9.59 Å². The van der Waals surface area contributed by atoms with Gasteiger partial charge in [0.15, 0.2) is 0 Å². The van der Waals surface area contributed by atoms with Gasteiger partial charge in [-0.05, 0) is 12.8 Å². The predicted octanol–water partition coefficient (Wildman–Crippen LogP) is 1.58. The molecule has 5 heteroatoms. The molecule has 1 saturated heterocycles. The highest BCUT2D eigenvalue weighted by Crippen LogP contribution is 2.08. The SMILES string of the molecule is CCCCCCC(=O)N1CCCN(CC(=O)O)CC1. The first-order valence-corrected chi connectivity index (χ1v) is 7.35. The van der Waals surface area contributed by atoms with Crippen LogP contribution in [0.5, 0.6) is 0 Å². The monoisotopic (exact) mass is 270 g/mol. The van der Waals surface area contributed by atoms with Crippen LogP contribution in [0.15, 0.2) is 0 Å². The summed E-state index contributed by atoms with van der Waals surface area (Å²) in [5, 5.41) is 8.78. The third kappa shape index (κ3) is 6.57. The van der Waals surface area contributed by atoms with E-state index < -0.39 is 5.97 Å². The largest absolute Gasteiger partial charge is 0.480 e. The van der Waals surface area contributed by atoms with E-state index in [-0.39, 0.29) is 12.5 Å². The van der Waals surface area contributed by atoms with Gasteiger partial charge in [-0.1, -0.05) is 26.2 Å². The molecular weight excluding hydrogens is 244 g/mol. The minimum Gasteiger partial charge on any atom is -0.480 e. The number of carboxylic acid groups (broad SMARTS) is 1. The third-order valence-electron chi connectivity index (χ3n) is 3.54. The molecular formula is C14H26N2O3. The lowest BCUT2D eigenvalue weighted by atomic mass is 10.1. The van der Waals surface area contributed by atoms with Crippen molar-refractivity contribution in [1.29, 1.82) is 0 Å². The number of carboxylic acids is 1. The van der Waals surface area contributed by atoms with Crippen LogP contribution >= 0.6 is 0 Å². The van der Waals surface area contributed by atoms with Gasteiger partial charge in [-0.25, -0.2) is 0 Å². The topological polar surface area (TPSA) is 60.9 Å². The minimum absolute atomic E-state index is 0.0819. The van der Waals surface area contributed by atoms with E-state index in [1.54, 1.807) is 0 Å². The van der Waals surface area contributed by atoms with E-state index in [2.05, 4.69) is 6.92 Å². The number of aliphatic carboxylic acids is 1. The summed E-state index contributed by atoms with van der Waals surface area (Å²) < 4.78 is 0. The van der Waals surface area contributed by atoms with Gasteiger partial charge in [0, 0.05) is 32.6 Å². The number of carbonyl (C=O) groups excluding carboxylic acids is 1. The molecule has 1 fully saturated rings. The Bertz CT molecular complexity index is 294. The molecule has 0 aliphatic carbocycles. The van der Waals surface area contributed by atoms with Crippen molar-refractivity contribution in [2.45, 2.75) is 45.4 Å². The zero-order valence-electron chi connectivity index (χ0n) is 11.9. The normalized spacial score (nSPS) is 17.2. The fourth-order valence-corrected chi connectivity index (χ4v) is 2.43. The quantitative estimate of drug-likeness (QED) is 0.713. The Morgan fingerprint density at radius 1 is 1.05 bits per heavy atom. The van der Waals surface area contributed by atoms with Crippen molar-refractivity contribution in [2.75, 3.05) is 32.7 Å². The van der Waals surface area contributed by atoms with Gasteiger partial charge >= 0.3 is 5.97 Å². The van der Waals surface area contributed by atoms with Gasteiger partial charge in [0.25, 0.3) is 0 Å². The molecule has 1 amide bonds. The van der Waals surface area contributed by atoms with Gasteiger partial charge in [-0.3, -0.25) is 14.5 Å². The number of unbranched alkanes of at least 4 members (excludes halogenated alkanes) is 3. The van der Waals surface area contributed by atoms with Crippen LogP contribution in [0.3, 0.4) is 0 Å². The Morgan fingerprint density at radius 2 is 1.84 bits per heavy atom. The van der Waals surface area contributed by atoms with Crippen LogP contribution in [0, 0.1) is 0 Å². The maximum absolute atomic E-state index is 12.0. The van der Waals surface area contributed by atoms with Crippen molar-refractivity contribution >= 4 is 11.9 Å². The predicted molar refractivity (Wildman–Crippen MR) is 74.0 cm³/mol. The standard InChI is InChI=1S/C14H26N2O3/c1-2-3-4-5-7-13(17)16-9-6-8-15(10-11-16)12-14(18)19/h2-12H2,1H3,(H,18,19). The highest BCUT2D eigenvalue weighted by atomic mass is 16.4. The molecule has 110 valence electrons. The van der Waals surface area contributed by atoms with Gasteiger partial charge in [-0.2, -0.15) is 0 Å². The molecule has 1 heterocycles.